The summed E-state index contributed by atoms with van der Waals surface area (Å²) in [6.07, 6.45) is 5.51. The summed E-state index contributed by atoms with van der Waals surface area (Å²) in [7, 11) is 0. The van der Waals surface area contributed by atoms with Crippen molar-refractivity contribution >= 4 is 5.69 Å². The molecule has 3 atom stereocenters. The lowest BCUT2D eigenvalue weighted by atomic mass is 9.77. The maximum atomic E-state index is 14.1. The van der Waals surface area contributed by atoms with Gasteiger partial charge < -0.3 is 5.32 Å². The van der Waals surface area contributed by atoms with Gasteiger partial charge in [-0.15, -0.1) is 0 Å². The number of hydrogen-bond acceptors (Lipinski definition) is 1. The topological polar surface area (TPSA) is 12.0 Å². The second-order valence-electron chi connectivity index (χ2n) is 5.58. The zero-order chi connectivity index (χ0) is 13.5. The van der Waals surface area contributed by atoms with Crippen molar-refractivity contribution < 1.29 is 4.39 Å². The third-order valence-corrected chi connectivity index (χ3v) is 4.51. The van der Waals surface area contributed by atoms with Crippen LogP contribution in [0.15, 0.2) is 60.7 Å². The molecule has 0 bridgehead atoms. The van der Waals surface area contributed by atoms with Crippen molar-refractivity contribution in [2.24, 2.45) is 5.92 Å². The summed E-state index contributed by atoms with van der Waals surface area (Å²) in [5.74, 6) is 0.689. The molecule has 2 unspecified atom stereocenters. The van der Waals surface area contributed by atoms with E-state index in [2.05, 4.69) is 35.7 Å². The number of rotatable bonds is 1. The number of nitrogens with one attached hydrogen (secondary N) is 1. The summed E-state index contributed by atoms with van der Waals surface area (Å²) < 4.78 is 14.1. The second-order valence-corrected chi connectivity index (χ2v) is 5.58. The minimum atomic E-state index is -0.116. The Morgan fingerprint density at radius 1 is 0.950 bits per heavy atom. The Morgan fingerprint density at radius 2 is 1.70 bits per heavy atom. The van der Waals surface area contributed by atoms with Crippen LogP contribution in [0.2, 0.25) is 0 Å². The van der Waals surface area contributed by atoms with Gasteiger partial charge in [0, 0.05) is 17.2 Å². The van der Waals surface area contributed by atoms with Gasteiger partial charge in [-0.3, -0.25) is 0 Å². The highest BCUT2D eigenvalue weighted by molar-refractivity contribution is 5.59. The van der Waals surface area contributed by atoms with Crippen molar-refractivity contribution in [3.8, 4) is 0 Å². The van der Waals surface area contributed by atoms with Gasteiger partial charge in [0.15, 0.2) is 0 Å². The summed E-state index contributed by atoms with van der Waals surface area (Å²) in [6, 6.07) is 15.5. The van der Waals surface area contributed by atoms with E-state index in [0.29, 0.717) is 11.8 Å². The molecule has 2 heteroatoms. The van der Waals surface area contributed by atoms with Gasteiger partial charge in [-0.1, -0.05) is 48.6 Å². The SMILES string of the molecule is Fc1ccccc1[C@H]1Nc2ccccc2C2C=CCC21. The first-order valence-electron chi connectivity index (χ1n) is 7.11. The molecule has 4 rings (SSSR count). The minimum Gasteiger partial charge on any atom is -0.378 e. The third-order valence-electron chi connectivity index (χ3n) is 4.51. The number of para-hydroxylation sites is 1. The molecular weight excluding hydrogens is 249 g/mol. The lowest BCUT2D eigenvalue weighted by Crippen LogP contribution is -2.29. The number of hydrogen-bond donors (Lipinski definition) is 1. The Labute approximate surface area is 118 Å². The molecule has 2 aliphatic rings. The summed E-state index contributed by atoms with van der Waals surface area (Å²) in [4.78, 5) is 0. The number of allylic oxidation sites excluding steroid dienone is 2. The molecule has 0 saturated heterocycles. The van der Waals surface area contributed by atoms with Crippen molar-refractivity contribution in [1.82, 2.24) is 0 Å². The smallest absolute Gasteiger partial charge is 0.128 e. The van der Waals surface area contributed by atoms with E-state index in [4.69, 9.17) is 0 Å². The molecule has 100 valence electrons. The molecular formula is C18H16FN. The quantitative estimate of drug-likeness (QED) is 0.740. The molecule has 2 aromatic carbocycles. The molecule has 2 aromatic rings. The molecule has 1 aliphatic carbocycles. The molecule has 1 aliphatic heterocycles. The first-order valence-corrected chi connectivity index (χ1v) is 7.11. The normalized spacial score (nSPS) is 26.8. The Kier molecular flexibility index (Phi) is 2.62. The Hall–Kier alpha value is -2.09. The average molecular weight is 265 g/mol. The first kappa shape index (κ1) is 11.7. The summed E-state index contributed by atoms with van der Waals surface area (Å²) in [5, 5.41) is 3.55. The van der Waals surface area contributed by atoms with E-state index in [1.54, 1.807) is 12.1 Å². The van der Waals surface area contributed by atoms with Gasteiger partial charge in [0.25, 0.3) is 0 Å². The average Bonchev–Trinajstić information content (AvgIpc) is 2.97. The van der Waals surface area contributed by atoms with E-state index < -0.39 is 0 Å². The molecule has 1 heterocycles. The standard InChI is InChI=1S/C18H16FN/c19-16-10-3-1-7-15(16)18-14-9-5-8-12(14)13-6-2-4-11-17(13)20-18/h1-8,10-12,14,18,20H,9H2/t12?,14?,18-/m0/s1. The van der Waals surface area contributed by atoms with Gasteiger partial charge in [0.1, 0.15) is 5.82 Å². The molecule has 0 amide bonds. The zero-order valence-electron chi connectivity index (χ0n) is 11.1. The van der Waals surface area contributed by atoms with Crippen molar-refractivity contribution in [1.29, 1.82) is 0 Å². The van der Waals surface area contributed by atoms with E-state index in [1.807, 2.05) is 18.2 Å². The second kappa shape index (κ2) is 4.48. The van der Waals surface area contributed by atoms with E-state index in [9.17, 15) is 4.39 Å². The van der Waals surface area contributed by atoms with Crippen LogP contribution in [0.4, 0.5) is 10.1 Å². The van der Waals surface area contributed by atoms with Gasteiger partial charge in [-0.05, 0) is 30.0 Å². The van der Waals surface area contributed by atoms with Crippen LogP contribution in [0.3, 0.4) is 0 Å². The minimum absolute atomic E-state index is 0.0473. The van der Waals surface area contributed by atoms with Gasteiger partial charge in [0.05, 0.1) is 6.04 Å². The largest absolute Gasteiger partial charge is 0.378 e. The summed E-state index contributed by atoms with van der Waals surface area (Å²) in [6.45, 7) is 0. The van der Waals surface area contributed by atoms with Crippen LogP contribution < -0.4 is 5.32 Å². The van der Waals surface area contributed by atoms with Gasteiger partial charge in [0.2, 0.25) is 0 Å². The van der Waals surface area contributed by atoms with E-state index in [0.717, 1.165) is 17.7 Å². The van der Waals surface area contributed by atoms with Gasteiger partial charge >= 0.3 is 0 Å². The fraction of sp³-hybridized carbons (Fsp3) is 0.222. The van der Waals surface area contributed by atoms with Crippen molar-refractivity contribution in [2.75, 3.05) is 5.32 Å². The zero-order valence-corrected chi connectivity index (χ0v) is 11.1. The van der Waals surface area contributed by atoms with Crippen LogP contribution in [0.1, 0.15) is 29.5 Å². The molecule has 1 N–H and O–H groups in total. The molecule has 0 aromatic heterocycles. The number of benzene rings is 2. The fourth-order valence-electron chi connectivity index (χ4n) is 3.58. The van der Waals surface area contributed by atoms with Gasteiger partial charge in [-0.2, -0.15) is 0 Å². The van der Waals surface area contributed by atoms with E-state index in [-0.39, 0.29) is 11.9 Å². The predicted molar refractivity (Wildman–Crippen MR) is 79.2 cm³/mol. The first-order chi connectivity index (χ1) is 9.84. The van der Waals surface area contributed by atoms with Crippen LogP contribution in [0.5, 0.6) is 0 Å². The van der Waals surface area contributed by atoms with Crippen LogP contribution >= 0.6 is 0 Å². The van der Waals surface area contributed by atoms with Crippen molar-refractivity contribution in [2.45, 2.75) is 18.4 Å². The molecule has 0 saturated carbocycles. The van der Waals surface area contributed by atoms with Crippen LogP contribution in [-0.2, 0) is 0 Å². The molecule has 0 spiro atoms. The van der Waals surface area contributed by atoms with Crippen molar-refractivity contribution in [3.63, 3.8) is 0 Å². The van der Waals surface area contributed by atoms with Crippen LogP contribution in [0.25, 0.3) is 0 Å². The van der Waals surface area contributed by atoms with Gasteiger partial charge in [-0.25, -0.2) is 4.39 Å². The number of halogens is 1. The maximum Gasteiger partial charge on any atom is 0.128 e. The highest BCUT2D eigenvalue weighted by Gasteiger charge is 2.38. The maximum absolute atomic E-state index is 14.1. The molecule has 20 heavy (non-hydrogen) atoms. The van der Waals surface area contributed by atoms with Crippen LogP contribution in [-0.4, -0.2) is 0 Å². The fourth-order valence-corrected chi connectivity index (χ4v) is 3.58. The highest BCUT2D eigenvalue weighted by atomic mass is 19.1. The van der Waals surface area contributed by atoms with Crippen LogP contribution in [0, 0.1) is 11.7 Å². The third kappa shape index (κ3) is 1.68. The highest BCUT2D eigenvalue weighted by Crippen LogP contribution is 2.49. The molecule has 0 radical (unpaired) electrons. The summed E-state index contributed by atoms with van der Waals surface area (Å²) in [5.41, 5.74) is 3.24. The van der Waals surface area contributed by atoms with E-state index >= 15 is 0 Å². The Bertz CT molecular complexity index is 677. The van der Waals surface area contributed by atoms with E-state index in [1.165, 1.54) is 5.56 Å². The summed E-state index contributed by atoms with van der Waals surface area (Å²) >= 11 is 0. The Morgan fingerprint density at radius 3 is 2.55 bits per heavy atom. The Balaban J connectivity index is 1.82. The number of anilines is 1. The lowest BCUT2D eigenvalue weighted by Gasteiger charge is -2.37. The lowest BCUT2D eigenvalue weighted by molar-refractivity contribution is 0.413. The monoisotopic (exact) mass is 265 g/mol. The molecule has 1 nitrogen and oxygen atoms in total. The van der Waals surface area contributed by atoms with Crippen molar-refractivity contribution in [3.05, 3.63) is 77.6 Å². The molecule has 0 fully saturated rings. The number of fused-ring (bicyclic) bond motifs is 3. The predicted octanol–water partition coefficient (Wildman–Crippen LogP) is 4.65.